The molecule has 0 spiro atoms. The Hall–Kier alpha value is -3.09. The number of carbonyl (C=O) groups is 1. The van der Waals surface area contributed by atoms with Crippen molar-refractivity contribution in [1.29, 1.82) is 0 Å². The van der Waals surface area contributed by atoms with Crippen molar-refractivity contribution in [3.8, 4) is 0 Å². The lowest BCUT2D eigenvalue weighted by Crippen LogP contribution is -2.23. The number of para-hydroxylation sites is 2. The van der Waals surface area contributed by atoms with E-state index in [1.807, 2.05) is 24.3 Å². The van der Waals surface area contributed by atoms with Crippen molar-refractivity contribution in [3.63, 3.8) is 0 Å². The zero-order valence-corrected chi connectivity index (χ0v) is 11.9. The first-order chi connectivity index (χ1) is 11.1. The highest BCUT2D eigenvalue weighted by molar-refractivity contribution is 5.96. The van der Waals surface area contributed by atoms with Gasteiger partial charge in [0, 0.05) is 5.39 Å². The van der Waals surface area contributed by atoms with Gasteiger partial charge in [-0.25, -0.2) is 18.7 Å². The SMILES string of the molecule is O=C(CNc1ncnc2ccccc12)Nc1c(F)cccc1F. The van der Waals surface area contributed by atoms with Crippen LogP contribution < -0.4 is 10.6 Å². The van der Waals surface area contributed by atoms with Crippen molar-refractivity contribution in [3.05, 3.63) is 60.4 Å². The van der Waals surface area contributed by atoms with Gasteiger partial charge in [-0.15, -0.1) is 0 Å². The summed E-state index contributed by atoms with van der Waals surface area (Å²) in [6.07, 6.45) is 1.37. The molecule has 1 amide bonds. The first-order valence-electron chi connectivity index (χ1n) is 6.82. The van der Waals surface area contributed by atoms with Crippen LogP contribution in [-0.4, -0.2) is 22.4 Å². The molecule has 116 valence electrons. The molecule has 0 bridgehead atoms. The van der Waals surface area contributed by atoms with E-state index in [4.69, 9.17) is 0 Å². The highest BCUT2D eigenvalue weighted by Gasteiger charge is 2.12. The van der Waals surface area contributed by atoms with Crippen LogP contribution in [0.4, 0.5) is 20.3 Å². The summed E-state index contributed by atoms with van der Waals surface area (Å²) < 4.78 is 27.0. The Morgan fingerprint density at radius 3 is 2.52 bits per heavy atom. The number of rotatable bonds is 4. The third-order valence-corrected chi connectivity index (χ3v) is 3.19. The van der Waals surface area contributed by atoms with Crippen molar-refractivity contribution < 1.29 is 13.6 Å². The minimum Gasteiger partial charge on any atom is -0.360 e. The molecule has 7 heteroatoms. The van der Waals surface area contributed by atoms with E-state index in [9.17, 15) is 13.6 Å². The van der Waals surface area contributed by atoms with Crippen molar-refractivity contribution in [2.45, 2.75) is 0 Å². The number of amides is 1. The van der Waals surface area contributed by atoms with E-state index in [0.29, 0.717) is 5.82 Å². The van der Waals surface area contributed by atoms with Crippen LogP contribution in [0.3, 0.4) is 0 Å². The zero-order valence-electron chi connectivity index (χ0n) is 11.9. The number of nitrogens with zero attached hydrogens (tertiary/aromatic N) is 2. The van der Waals surface area contributed by atoms with Gasteiger partial charge in [0.05, 0.1) is 12.1 Å². The Kier molecular flexibility index (Phi) is 4.09. The van der Waals surface area contributed by atoms with Crippen LogP contribution in [0.2, 0.25) is 0 Å². The predicted octanol–water partition coefficient (Wildman–Crippen LogP) is 2.96. The smallest absolute Gasteiger partial charge is 0.243 e. The molecular formula is C16H12F2N4O. The van der Waals surface area contributed by atoms with Crippen LogP contribution in [0.1, 0.15) is 0 Å². The molecule has 0 saturated carbocycles. The molecule has 3 aromatic rings. The molecule has 2 aromatic carbocycles. The van der Waals surface area contributed by atoms with E-state index in [1.54, 1.807) is 0 Å². The van der Waals surface area contributed by atoms with Crippen molar-refractivity contribution in [2.75, 3.05) is 17.2 Å². The Bertz CT molecular complexity index is 844. The summed E-state index contributed by atoms with van der Waals surface area (Å²) in [5.74, 6) is -1.77. The molecule has 2 N–H and O–H groups in total. The van der Waals surface area contributed by atoms with Gasteiger partial charge < -0.3 is 10.6 Å². The highest BCUT2D eigenvalue weighted by atomic mass is 19.1. The fourth-order valence-electron chi connectivity index (χ4n) is 2.11. The van der Waals surface area contributed by atoms with E-state index >= 15 is 0 Å². The van der Waals surface area contributed by atoms with Gasteiger partial charge in [-0.2, -0.15) is 0 Å². The van der Waals surface area contributed by atoms with Crippen LogP contribution >= 0.6 is 0 Å². The lowest BCUT2D eigenvalue weighted by atomic mass is 10.2. The number of halogens is 2. The lowest BCUT2D eigenvalue weighted by Gasteiger charge is -2.10. The highest BCUT2D eigenvalue weighted by Crippen LogP contribution is 2.19. The molecule has 0 saturated heterocycles. The number of benzene rings is 2. The number of anilines is 2. The predicted molar refractivity (Wildman–Crippen MR) is 83.0 cm³/mol. The van der Waals surface area contributed by atoms with Gasteiger partial charge in [0.25, 0.3) is 0 Å². The molecule has 23 heavy (non-hydrogen) atoms. The maximum atomic E-state index is 13.5. The van der Waals surface area contributed by atoms with E-state index < -0.39 is 23.2 Å². The molecule has 0 fully saturated rings. The van der Waals surface area contributed by atoms with Crippen LogP contribution in [0.25, 0.3) is 10.9 Å². The number of fused-ring (bicyclic) bond motifs is 1. The molecule has 0 aliphatic heterocycles. The number of hydrogen-bond donors (Lipinski definition) is 2. The topological polar surface area (TPSA) is 66.9 Å². The average molecular weight is 314 g/mol. The van der Waals surface area contributed by atoms with E-state index in [1.165, 1.54) is 12.4 Å². The number of carbonyl (C=O) groups excluding carboxylic acids is 1. The van der Waals surface area contributed by atoms with Gasteiger partial charge in [0.1, 0.15) is 29.5 Å². The lowest BCUT2D eigenvalue weighted by molar-refractivity contribution is -0.114. The minimum atomic E-state index is -0.828. The van der Waals surface area contributed by atoms with Crippen LogP contribution in [0.5, 0.6) is 0 Å². The van der Waals surface area contributed by atoms with Crippen molar-refractivity contribution in [2.24, 2.45) is 0 Å². The van der Waals surface area contributed by atoms with Crippen LogP contribution in [0, 0.1) is 11.6 Å². The molecule has 5 nitrogen and oxygen atoms in total. The molecule has 3 rings (SSSR count). The standard InChI is InChI=1S/C16H12F2N4O/c17-11-5-3-6-12(18)15(11)22-14(23)8-19-16-10-4-1-2-7-13(10)20-9-21-16/h1-7,9H,8H2,(H,22,23)(H,19,20,21). The zero-order chi connectivity index (χ0) is 16.2. The molecule has 1 aromatic heterocycles. The summed E-state index contributed by atoms with van der Waals surface area (Å²) >= 11 is 0. The second kappa shape index (κ2) is 6.35. The molecule has 1 heterocycles. The van der Waals surface area contributed by atoms with E-state index in [-0.39, 0.29) is 6.54 Å². The summed E-state index contributed by atoms with van der Waals surface area (Å²) in [4.78, 5) is 20.1. The summed E-state index contributed by atoms with van der Waals surface area (Å²) in [5, 5.41) is 5.79. The summed E-state index contributed by atoms with van der Waals surface area (Å²) in [6.45, 7) is -0.186. The fourth-order valence-corrected chi connectivity index (χ4v) is 2.11. The van der Waals surface area contributed by atoms with Gasteiger partial charge in [-0.1, -0.05) is 18.2 Å². The fraction of sp³-hybridized carbons (Fsp3) is 0.0625. The van der Waals surface area contributed by atoms with Gasteiger partial charge in [-0.3, -0.25) is 4.79 Å². The van der Waals surface area contributed by atoms with Gasteiger partial charge in [0.2, 0.25) is 5.91 Å². The molecule has 0 unspecified atom stereocenters. The summed E-state index contributed by atoms with van der Waals surface area (Å²) in [7, 11) is 0. The normalized spacial score (nSPS) is 10.5. The van der Waals surface area contributed by atoms with Crippen LogP contribution in [-0.2, 0) is 4.79 Å². The first kappa shape index (κ1) is 14.8. The van der Waals surface area contributed by atoms with Gasteiger partial charge in [0.15, 0.2) is 0 Å². The van der Waals surface area contributed by atoms with Crippen molar-refractivity contribution >= 4 is 28.3 Å². The van der Waals surface area contributed by atoms with Gasteiger partial charge >= 0.3 is 0 Å². The maximum absolute atomic E-state index is 13.5. The molecule has 0 radical (unpaired) electrons. The van der Waals surface area contributed by atoms with Crippen LogP contribution in [0.15, 0.2) is 48.8 Å². The largest absolute Gasteiger partial charge is 0.360 e. The third-order valence-electron chi connectivity index (χ3n) is 3.19. The van der Waals surface area contributed by atoms with Crippen molar-refractivity contribution in [1.82, 2.24) is 9.97 Å². The molecule has 0 aliphatic rings. The first-order valence-corrected chi connectivity index (χ1v) is 6.82. The van der Waals surface area contributed by atoms with E-state index in [0.717, 1.165) is 23.0 Å². The summed E-state index contributed by atoms with van der Waals surface area (Å²) in [6, 6.07) is 10.7. The molecule has 0 aliphatic carbocycles. The number of hydrogen-bond acceptors (Lipinski definition) is 4. The second-order valence-electron chi connectivity index (χ2n) is 4.74. The van der Waals surface area contributed by atoms with E-state index in [2.05, 4.69) is 20.6 Å². The van der Waals surface area contributed by atoms with Gasteiger partial charge in [-0.05, 0) is 24.3 Å². The molecule has 0 atom stereocenters. The summed E-state index contributed by atoms with van der Waals surface area (Å²) in [5.41, 5.74) is 0.261. The Labute approximate surface area is 130 Å². The second-order valence-corrected chi connectivity index (χ2v) is 4.74. The maximum Gasteiger partial charge on any atom is 0.243 e. The Morgan fingerprint density at radius 2 is 1.74 bits per heavy atom. The Balaban J connectivity index is 1.71. The minimum absolute atomic E-state index is 0.186. The Morgan fingerprint density at radius 1 is 1.00 bits per heavy atom. The quantitative estimate of drug-likeness (QED) is 0.777. The average Bonchev–Trinajstić information content (AvgIpc) is 2.56. The molecular weight excluding hydrogens is 302 g/mol. The third kappa shape index (κ3) is 3.23. The number of nitrogens with one attached hydrogen (secondary N) is 2. The monoisotopic (exact) mass is 314 g/mol. The number of aromatic nitrogens is 2.